The molecule has 53 heavy (non-hydrogen) atoms. The van der Waals surface area contributed by atoms with Crippen LogP contribution in [0.2, 0.25) is 0 Å². The number of para-hydroxylation sites is 2. The Morgan fingerprint density at radius 2 is 1.04 bits per heavy atom. The molecule has 0 fully saturated rings. The molecule has 0 saturated heterocycles. The molecule has 2 heterocycles. The van der Waals surface area contributed by atoms with Crippen LogP contribution >= 0.6 is 0 Å². The lowest BCUT2D eigenvalue weighted by molar-refractivity contribution is 0.672. The molecule has 0 aliphatic rings. The van der Waals surface area contributed by atoms with E-state index >= 15 is 0 Å². The fraction of sp³-hybridized carbons (Fsp3) is 0. The van der Waals surface area contributed by atoms with Gasteiger partial charge in [0.2, 0.25) is 0 Å². The van der Waals surface area contributed by atoms with Gasteiger partial charge in [-0.1, -0.05) is 121 Å². The predicted molar refractivity (Wildman–Crippen MR) is 223 cm³/mol. The molecule has 9 aromatic carbocycles. The molecule has 248 valence electrons. The number of aromatic nitrogens is 1. The van der Waals surface area contributed by atoms with E-state index in [1.54, 1.807) is 0 Å². The van der Waals surface area contributed by atoms with Crippen LogP contribution in [0.25, 0.3) is 82.1 Å². The van der Waals surface area contributed by atoms with Gasteiger partial charge in [-0.15, -0.1) is 0 Å². The highest BCUT2D eigenvalue weighted by Gasteiger charge is 2.21. The topological polar surface area (TPSA) is 21.3 Å². The van der Waals surface area contributed by atoms with Gasteiger partial charge in [0.05, 0.1) is 22.1 Å². The Morgan fingerprint density at radius 3 is 1.83 bits per heavy atom. The molecule has 3 heteroatoms. The molecule has 0 bridgehead atoms. The van der Waals surface area contributed by atoms with Crippen molar-refractivity contribution in [3.8, 4) is 16.8 Å². The number of benzene rings is 9. The summed E-state index contributed by atoms with van der Waals surface area (Å²) in [5.41, 5.74) is 10.8. The lowest BCUT2D eigenvalue weighted by Crippen LogP contribution is -2.10. The molecule has 0 spiro atoms. The fourth-order valence-corrected chi connectivity index (χ4v) is 8.29. The summed E-state index contributed by atoms with van der Waals surface area (Å²) < 4.78 is 9.05. The Morgan fingerprint density at radius 1 is 0.396 bits per heavy atom. The Bertz CT molecular complexity index is 3130. The SMILES string of the molecule is c1cc(-c2ccc3ccccc3c2)cc(N(c2ccc(-n3c4ccccc4c4ccccc43)cc2)c2cccc3oc4c5ccccc5ccc4c23)c1. The van der Waals surface area contributed by atoms with Crippen LogP contribution in [0.15, 0.2) is 199 Å². The van der Waals surface area contributed by atoms with Crippen molar-refractivity contribution in [2.24, 2.45) is 0 Å². The predicted octanol–water partition coefficient (Wildman–Crippen LogP) is 14.1. The maximum atomic E-state index is 6.68. The molecule has 11 aromatic rings. The number of anilines is 3. The molecule has 11 rings (SSSR count). The molecule has 0 amide bonds. The van der Waals surface area contributed by atoms with Crippen molar-refractivity contribution in [1.82, 2.24) is 4.57 Å². The zero-order chi connectivity index (χ0) is 34.9. The minimum atomic E-state index is 0.867. The lowest BCUT2D eigenvalue weighted by atomic mass is 10.00. The van der Waals surface area contributed by atoms with Gasteiger partial charge in [0.15, 0.2) is 0 Å². The van der Waals surface area contributed by atoms with Crippen molar-refractivity contribution >= 4 is 82.4 Å². The molecular formula is C50H32N2O. The second-order valence-corrected chi connectivity index (χ2v) is 13.7. The van der Waals surface area contributed by atoms with Gasteiger partial charge in [0.25, 0.3) is 0 Å². The normalized spacial score (nSPS) is 11.8. The van der Waals surface area contributed by atoms with Crippen LogP contribution in [-0.2, 0) is 0 Å². The Labute approximate surface area is 306 Å². The van der Waals surface area contributed by atoms with Crippen molar-refractivity contribution in [2.45, 2.75) is 0 Å². The number of fused-ring (bicyclic) bond motifs is 9. The van der Waals surface area contributed by atoms with Crippen LogP contribution in [0, 0.1) is 0 Å². The molecule has 0 radical (unpaired) electrons. The van der Waals surface area contributed by atoms with E-state index in [9.17, 15) is 0 Å². The lowest BCUT2D eigenvalue weighted by Gasteiger charge is -2.27. The Balaban J connectivity index is 1.13. The van der Waals surface area contributed by atoms with Crippen LogP contribution in [-0.4, -0.2) is 4.57 Å². The molecule has 0 atom stereocenters. The zero-order valence-corrected chi connectivity index (χ0v) is 28.8. The maximum absolute atomic E-state index is 6.68. The van der Waals surface area contributed by atoms with Crippen LogP contribution in [0.4, 0.5) is 17.1 Å². The van der Waals surface area contributed by atoms with Crippen LogP contribution < -0.4 is 4.90 Å². The van der Waals surface area contributed by atoms with Gasteiger partial charge in [-0.3, -0.25) is 0 Å². The van der Waals surface area contributed by atoms with E-state index in [-0.39, 0.29) is 0 Å². The second kappa shape index (κ2) is 11.7. The summed E-state index contributed by atoms with van der Waals surface area (Å²) in [6, 6.07) is 69.8. The van der Waals surface area contributed by atoms with Gasteiger partial charge in [-0.25, -0.2) is 0 Å². The monoisotopic (exact) mass is 676 g/mol. The zero-order valence-electron chi connectivity index (χ0n) is 28.8. The minimum Gasteiger partial charge on any atom is -0.455 e. The smallest absolute Gasteiger partial charge is 0.143 e. The number of furan rings is 1. The van der Waals surface area contributed by atoms with E-state index in [1.165, 1.54) is 43.5 Å². The molecule has 0 N–H and O–H groups in total. The van der Waals surface area contributed by atoms with Crippen molar-refractivity contribution in [3.63, 3.8) is 0 Å². The third-order valence-electron chi connectivity index (χ3n) is 10.7. The Hall–Kier alpha value is -7.10. The number of rotatable bonds is 5. The fourth-order valence-electron chi connectivity index (χ4n) is 8.29. The number of hydrogen-bond donors (Lipinski definition) is 0. The summed E-state index contributed by atoms with van der Waals surface area (Å²) >= 11 is 0. The first-order valence-corrected chi connectivity index (χ1v) is 18.1. The largest absolute Gasteiger partial charge is 0.455 e. The first-order valence-electron chi connectivity index (χ1n) is 18.1. The average Bonchev–Trinajstić information content (AvgIpc) is 3.78. The molecule has 2 aromatic heterocycles. The van der Waals surface area contributed by atoms with Crippen LogP contribution in [0.5, 0.6) is 0 Å². The van der Waals surface area contributed by atoms with Crippen molar-refractivity contribution in [2.75, 3.05) is 4.90 Å². The average molecular weight is 677 g/mol. The summed E-state index contributed by atoms with van der Waals surface area (Å²) in [4.78, 5) is 2.38. The van der Waals surface area contributed by atoms with Crippen molar-refractivity contribution < 1.29 is 4.42 Å². The molecule has 0 aliphatic heterocycles. The summed E-state index contributed by atoms with van der Waals surface area (Å²) in [6.07, 6.45) is 0. The molecule has 0 aliphatic carbocycles. The van der Waals surface area contributed by atoms with Crippen molar-refractivity contribution in [3.05, 3.63) is 194 Å². The third-order valence-corrected chi connectivity index (χ3v) is 10.7. The van der Waals surface area contributed by atoms with Crippen molar-refractivity contribution in [1.29, 1.82) is 0 Å². The highest BCUT2D eigenvalue weighted by molar-refractivity contribution is 6.19. The highest BCUT2D eigenvalue weighted by atomic mass is 16.3. The molecule has 3 nitrogen and oxygen atoms in total. The summed E-state index contributed by atoms with van der Waals surface area (Å²) in [5, 5.41) is 9.46. The highest BCUT2D eigenvalue weighted by Crippen LogP contribution is 2.45. The number of hydrogen-bond acceptors (Lipinski definition) is 2. The van der Waals surface area contributed by atoms with Gasteiger partial charge in [-0.2, -0.15) is 0 Å². The first kappa shape index (κ1) is 29.6. The maximum Gasteiger partial charge on any atom is 0.143 e. The van der Waals surface area contributed by atoms with Gasteiger partial charge in [0.1, 0.15) is 11.2 Å². The summed E-state index contributed by atoms with van der Waals surface area (Å²) in [7, 11) is 0. The van der Waals surface area contributed by atoms with E-state index < -0.39 is 0 Å². The minimum absolute atomic E-state index is 0.867. The van der Waals surface area contributed by atoms with E-state index in [0.29, 0.717) is 0 Å². The Kier molecular flexibility index (Phi) is 6.55. The number of nitrogens with zero attached hydrogens (tertiary/aromatic N) is 2. The van der Waals surface area contributed by atoms with Crippen LogP contribution in [0.3, 0.4) is 0 Å². The standard InChI is InChI=1S/C50H32N2O/c1-2-13-35-31-37(24-23-33(35)11-1)36-14-9-15-40(32-36)51(47-21-10-22-48-49(47)44-30-25-34-12-3-4-16-41(34)50(44)53-48)38-26-28-39(29-27-38)52-45-19-7-5-17-42(45)43-18-6-8-20-46(43)52/h1-32H. The van der Waals surface area contributed by atoms with E-state index in [1.807, 2.05) is 0 Å². The summed E-state index contributed by atoms with van der Waals surface area (Å²) in [6.45, 7) is 0. The van der Waals surface area contributed by atoms with Gasteiger partial charge >= 0.3 is 0 Å². The van der Waals surface area contributed by atoms with E-state index in [0.717, 1.165) is 55.6 Å². The van der Waals surface area contributed by atoms with Gasteiger partial charge in [0, 0.05) is 38.6 Å². The first-order chi connectivity index (χ1) is 26.3. The van der Waals surface area contributed by atoms with Crippen LogP contribution in [0.1, 0.15) is 0 Å². The van der Waals surface area contributed by atoms with Gasteiger partial charge < -0.3 is 13.9 Å². The van der Waals surface area contributed by atoms with E-state index in [2.05, 4.69) is 204 Å². The van der Waals surface area contributed by atoms with E-state index in [4.69, 9.17) is 4.42 Å². The summed E-state index contributed by atoms with van der Waals surface area (Å²) in [5.74, 6) is 0. The second-order valence-electron chi connectivity index (χ2n) is 13.7. The molecule has 0 unspecified atom stereocenters. The third kappa shape index (κ3) is 4.68. The quantitative estimate of drug-likeness (QED) is 0.181. The molecule has 0 saturated carbocycles. The van der Waals surface area contributed by atoms with Gasteiger partial charge in [-0.05, 0) is 100 Å². The molecular weight excluding hydrogens is 645 g/mol.